The number of rotatable bonds is 6. The van der Waals surface area contributed by atoms with Gasteiger partial charge in [-0.05, 0) is 24.6 Å². The van der Waals surface area contributed by atoms with Gasteiger partial charge in [0.15, 0.2) is 0 Å². The summed E-state index contributed by atoms with van der Waals surface area (Å²) in [4.78, 5) is 33.3. The zero-order valence-electron chi connectivity index (χ0n) is 18.6. The van der Waals surface area contributed by atoms with E-state index in [2.05, 4.69) is 25.6 Å². The van der Waals surface area contributed by atoms with E-state index in [1.54, 1.807) is 0 Å². The first-order valence-electron chi connectivity index (χ1n) is 10.6. The lowest BCUT2D eigenvalue weighted by Gasteiger charge is -2.15. The van der Waals surface area contributed by atoms with Gasteiger partial charge in [0, 0.05) is 19.0 Å². The van der Waals surface area contributed by atoms with Gasteiger partial charge in [-0.25, -0.2) is 14.8 Å². The summed E-state index contributed by atoms with van der Waals surface area (Å²) in [5.74, 6) is -1.31. The third-order valence-electron chi connectivity index (χ3n) is 4.97. The lowest BCUT2D eigenvalue weighted by molar-refractivity contribution is -0.137. The topological polar surface area (TPSA) is 126 Å². The fourth-order valence-electron chi connectivity index (χ4n) is 3.13. The molecule has 1 saturated heterocycles. The second-order valence-electron chi connectivity index (χ2n) is 7.53. The van der Waals surface area contributed by atoms with Crippen molar-refractivity contribution in [1.82, 2.24) is 20.3 Å². The molecule has 0 bridgehead atoms. The molecule has 36 heavy (non-hydrogen) atoms. The molecule has 1 fully saturated rings. The fraction of sp³-hybridized carbons (Fsp3) is 0.261. The van der Waals surface area contributed by atoms with Crippen molar-refractivity contribution in [3.63, 3.8) is 0 Å². The number of benzene rings is 1. The van der Waals surface area contributed by atoms with Crippen molar-refractivity contribution >= 4 is 34.9 Å². The highest BCUT2D eigenvalue weighted by Crippen LogP contribution is 2.36. The molecule has 1 aromatic carbocycles. The molecule has 3 N–H and O–H groups in total. The Labute approximate surface area is 208 Å². The van der Waals surface area contributed by atoms with Gasteiger partial charge in [-0.3, -0.25) is 9.78 Å². The number of amides is 1. The van der Waals surface area contributed by atoms with E-state index in [1.165, 1.54) is 49.2 Å². The minimum atomic E-state index is -4.48. The number of nitrogens with zero attached hydrogens (tertiary/aromatic N) is 3. The standard InChI is InChI=1S/C18H17ClF3N3O2.C5H4N2O2/c19-14-7-12(25-15-4-2-1-3-13(15)18(20,21)22)8-23-16(14)9-24-17(26)11-5-6-27-10-11;8-5(9)4-1-6-3-7-2-4/h1-4,7-8,11,25H,5-6,9-10H2,(H,24,26);1-3H,(H,8,9). The van der Waals surface area contributed by atoms with Crippen molar-refractivity contribution in [3.8, 4) is 0 Å². The molecule has 4 rings (SSSR count). The van der Waals surface area contributed by atoms with Crippen LogP contribution >= 0.6 is 11.6 Å². The molecule has 1 aliphatic heterocycles. The molecule has 9 nitrogen and oxygen atoms in total. The number of nitrogens with one attached hydrogen (secondary N) is 2. The van der Waals surface area contributed by atoms with Gasteiger partial charge in [-0.15, -0.1) is 0 Å². The van der Waals surface area contributed by atoms with Crippen molar-refractivity contribution in [1.29, 1.82) is 0 Å². The molecule has 1 atom stereocenters. The molecule has 0 radical (unpaired) electrons. The smallest absolute Gasteiger partial charge is 0.418 e. The molecule has 0 saturated carbocycles. The Bertz CT molecular complexity index is 1190. The molecule has 2 aromatic heterocycles. The van der Waals surface area contributed by atoms with E-state index in [-0.39, 0.29) is 34.6 Å². The summed E-state index contributed by atoms with van der Waals surface area (Å²) in [5.41, 5.74) is -0.0199. The summed E-state index contributed by atoms with van der Waals surface area (Å²) >= 11 is 6.17. The Balaban J connectivity index is 0.000000338. The first kappa shape index (κ1) is 26.8. The number of hydrogen-bond acceptors (Lipinski definition) is 7. The van der Waals surface area contributed by atoms with Gasteiger partial charge in [0.25, 0.3) is 0 Å². The summed E-state index contributed by atoms with van der Waals surface area (Å²) in [7, 11) is 0. The second-order valence-corrected chi connectivity index (χ2v) is 7.94. The molecular weight excluding hydrogens is 503 g/mol. The van der Waals surface area contributed by atoms with Crippen LogP contribution in [0.15, 0.2) is 55.2 Å². The Morgan fingerprint density at radius 3 is 2.47 bits per heavy atom. The lowest BCUT2D eigenvalue weighted by Crippen LogP contribution is -2.30. The number of aromatic nitrogens is 3. The molecule has 1 unspecified atom stereocenters. The summed E-state index contributed by atoms with van der Waals surface area (Å²) in [6, 6.07) is 6.62. The number of carboxylic acids is 1. The maximum atomic E-state index is 13.1. The van der Waals surface area contributed by atoms with Crippen LogP contribution in [0, 0.1) is 5.92 Å². The predicted molar refractivity (Wildman–Crippen MR) is 124 cm³/mol. The van der Waals surface area contributed by atoms with Crippen molar-refractivity contribution < 1.29 is 32.6 Å². The normalized spacial score (nSPS) is 14.9. The van der Waals surface area contributed by atoms with E-state index in [4.69, 9.17) is 21.4 Å². The van der Waals surface area contributed by atoms with Crippen molar-refractivity contribution in [2.45, 2.75) is 19.1 Å². The lowest BCUT2D eigenvalue weighted by atomic mass is 10.1. The number of halogens is 4. The third kappa shape index (κ3) is 7.62. The first-order valence-corrected chi connectivity index (χ1v) is 10.9. The Kier molecular flexibility index (Phi) is 9.14. The molecular formula is C23H21ClF3N5O4. The Hall–Kier alpha value is -3.77. The molecule has 3 heterocycles. The number of alkyl halides is 3. The number of aromatic carboxylic acids is 1. The third-order valence-corrected chi connectivity index (χ3v) is 5.29. The predicted octanol–water partition coefficient (Wildman–Crippen LogP) is 4.32. The number of carbonyl (C=O) groups excluding carboxylic acids is 1. The molecule has 190 valence electrons. The van der Waals surface area contributed by atoms with Gasteiger partial charge in [0.2, 0.25) is 5.91 Å². The molecule has 3 aromatic rings. The van der Waals surface area contributed by atoms with E-state index >= 15 is 0 Å². The molecule has 0 spiro atoms. The monoisotopic (exact) mass is 523 g/mol. The van der Waals surface area contributed by atoms with Crippen LogP contribution in [0.2, 0.25) is 5.02 Å². The summed E-state index contributed by atoms with van der Waals surface area (Å²) < 4.78 is 44.4. The van der Waals surface area contributed by atoms with Gasteiger partial charge in [0.1, 0.15) is 6.33 Å². The summed E-state index contributed by atoms with van der Waals surface area (Å²) in [6.45, 7) is 1.10. The van der Waals surface area contributed by atoms with Crippen LogP contribution in [-0.2, 0) is 22.3 Å². The number of pyridine rings is 1. The van der Waals surface area contributed by atoms with E-state index in [0.717, 1.165) is 6.07 Å². The minimum Gasteiger partial charge on any atom is -0.478 e. The number of carboxylic acid groups (broad SMARTS) is 1. The average molecular weight is 524 g/mol. The zero-order valence-corrected chi connectivity index (χ0v) is 19.4. The number of carbonyl (C=O) groups is 2. The molecule has 1 amide bonds. The maximum Gasteiger partial charge on any atom is 0.418 e. The van der Waals surface area contributed by atoms with Crippen LogP contribution in [0.1, 0.15) is 28.0 Å². The van der Waals surface area contributed by atoms with Crippen LogP contribution in [0.5, 0.6) is 0 Å². The first-order chi connectivity index (χ1) is 17.1. The number of ether oxygens (including phenoxy) is 1. The highest BCUT2D eigenvalue weighted by atomic mass is 35.5. The maximum absolute atomic E-state index is 13.1. The van der Waals surface area contributed by atoms with Gasteiger partial charge >= 0.3 is 12.1 Å². The van der Waals surface area contributed by atoms with E-state index in [1.807, 2.05) is 0 Å². The highest BCUT2D eigenvalue weighted by Gasteiger charge is 2.33. The van der Waals surface area contributed by atoms with Crippen molar-refractivity contribution in [2.75, 3.05) is 18.5 Å². The van der Waals surface area contributed by atoms with E-state index in [0.29, 0.717) is 31.0 Å². The SMILES string of the molecule is O=C(NCc1ncc(Nc2ccccc2C(F)(F)F)cc1Cl)C1CCOC1.O=C(O)c1cncnc1. The number of anilines is 2. The van der Waals surface area contributed by atoms with Crippen molar-refractivity contribution in [3.05, 3.63) is 77.1 Å². The van der Waals surface area contributed by atoms with E-state index < -0.39 is 17.7 Å². The van der Waals surface area contributed by atoms with Gasteiger partial charge in [0.05, 0.1) is 58.5 Å². The van der Waals surface area contributed by atoms with Crippen LogP contribution in [0.4, 0.5) is 24.5 Å². The number of hydrogen-bond donors (Lipinski definition) is 3. The Morgan fingerprint density at radius 1 is 1.17 bits per heavy atom. The molecule has 0 aliphatic carbocycles. The Morgan fingerprint density at radius 2 is 1.89 bits per heavy atom. The average Bonchev–Trinajstić information content (AvgIpc) is 3.39. The minimum absolute atomic E-state index is 0.0925. The number of para-hydroxylation sites is 1. The second kappa shape index (κ2) is 12.3. The largest absolute Gasteiger partial charge is 0.478 e. The van der Waals surface area contributed by atoms with Crippen LogP contribution in [0.3, 0.4) is 0 Å². The molecule has 1 aliphatic rings. The van der Waals surface area contributed by atoms with Gasteiger partial charge in [-0.2, -0.15) is 13.2 Å². The summed E-state index contributed by atoms with van der Waals surface area (Å²) in [6.07, 6.45) is 1.35. The fourth-order valence-corrected chi connectivity index (χ4v) is 3.36. The van der Waals surface area contributed by atoms with E-state index in [9.17, 15) is 22.8 Å². The van der Waals surface area contributed by atoms with Crippen LogP contribution in [-0.4, -0.2) is 45.1 Å². The quantitative estimate of drug-likeness (QED) is 0.436. The van der Waals surface area contributed by atoms with Crippen LogP contribution < -0.4 is 10.6 Å². The van der Waals surface area contributed by atoms with Gasteiger partial charge in [-0.1, -0.05) is 23.7 Å². The zero-order chi connectivity index (χ0) is 26.1. The highest BCUT2D eigenvalue weighted by molar-refractivity contribution is 6.31. The van der Waals surface area contributed by atoms with Crippen LogP contribution in [0.25, 0.3) is 0 Å². The van der Waals surface area contributed by atoms with Crippen molar-refractivity contribution in [2.24, 2.45) is 5.92 Å². The summed E-state index contributed by atoms with van der Waals surface area (Å²) in [5, 5.41) is 14.0. The molecule has 13 heteroatoms. The van der Waals surface area contributed by atoms with Gasteiger partial charge < -0.3 is 20.5 Å².